The molecule has 21 heavy (non-hydrogen) atoms. The Morgan fingerprint density at radius 3 is 2.24 bits per heavy atom. The van der Waals surface area contributed by atoms with E-state index in [2.05, 4.69) is 0 Å². The smallest absolute Gasteiger partial charge is 0.338 e. The SMILES string of the molecule is Cc1cc(C)c(C(=O)OCC(O)c2ccccc2)c(C)c1. The lowest BCUT2D eigenvalue weighted by Gasteiger charge is -2.14. The van der Waals surface area contributed by atoms with Crippen LogP contribution < -0.4 is 0 Å². The quantitative estimate of drug-likeness (QED) is 0.874. The molecule has 0 aliphatic carbocycles. The molecule has 0 bridgehead atoms. The van der Waals surface area contributed by atoms with Crippen molar-refractivity contribution in [1.29, 1.82) is 0 Å². The van der Waals surface area contributed by atoms with E-state index in [4.69, 9.17) is 4.74 Å². The zero-order valence-electron chi connectivity index (χ0n) is 12.6. The van der Waals surface area contributed by atoms with Gasteiger partial charge in [-0.05, 0) is 37.5 Å². The minimum atomic E-state index is -0.804. The van der Waals surface area contributed by atoms with Gasteiger partial charge in [0.15, 0.2) is 0 Å². The van der Waals surface area contributed by atoms with Gasteiger partial charge < -0.3 is 9.84 Å². The molecular formula is C18H20O3. The van der Waals surface area contributed by atoms with Gasteiger partial charge in [-0.15, -0.1) is 0 Å². The number of benzene rings is 2. The van der Waals surface area contributed by atoms with Gasteiger partial charge >= 0.3 is 5.97 Å². The third-order valence-electron chi connectivity index (χ3n) is 3.44. The van der Waals surface area contributed by atoms with Gasteiger partial charge in [0, 0.05) is 0 Å². The van der Waals surface area contributed by atoms with E-state index in [1.165, 1.54) is 0 Å². The van der Waals surface area contributed by atoms with Crippen LogP contribution in [0.1, 0.15) is 38.7 Å². The van der Waals surface area contributed by atoms with Crippen molar-refractivity contribution in [2.24, 2.45) is 0 Å². The summed E-state index contributed by atoms with van der Waals surface area (Å²) in [4.78, 5) is 12.2. The Bertz CT molecular complexity index is 609. The number of aryl methyl sites for hydroxylation is 3. The molecule has 0 amide bonds. The Morgan fingerprint density at radius 2 is 1.67 bits per heavy atom. The van der Waals surface area contributed by atoms with Crippen molar-refractivity contribution in [3.8, 4) is 0 Å². The van der Waals surface area contributed by atoms with Gasteiger partial charge in [-0.25, -0.2) is 4.79 Å². The highest BCUT2D eigenvalue weighted by Gasteiger charge is 2.16. The maximum absolute atomic E-state index is 12.2. The molecule has 2 aromatic carbocycles. The van der Waals surface area contributed by atoms with Crippen LogP contribution in [-0.2, 0) is 4.74 Å². The molecule has 0 aliphatic rings. The molecule has 3 nitrogen and oxygen atoms in total. The largest absolute Gasteiger partial charge is 0.459 e. The Balaban J connectivity index is 2.06. The van der Waals surface area contributed by atoms with Gasteiger partial charge in [0.05, 0.1) is 5.56 Å². The van der Waals surface area contributed by atoms with Crippen molar-refractivity contribution in [1.82, 2.24) is 0 Å². The summed E-state index contributed by atoms with van der Waals surface area (Å²) in [5.74, 6) is -0.389. The topological polar surface area (TPSA) is 46.5 Å². The Labute approximate surface area is 125 Å². The summed E-state index contributed by atoms with van der Waals surface area (Å²) in [7, 11) is 0. The lowest BCUT2D eigenvalue weighted by molar-refractivity contribution is 0.0252. The van der Waals surface area contributed by atoms with Gasteiger partial charge in [-0.3, -0.25) is 0 Å². The predicted octanol–water partition coefficient (Wildman–Crippen LogP) is 3.50. The van der Waals surface area contributed by atoms with E-state index in [0.29, 0.717) is 5.56 Å². The standard InChI is InChI=1S/C18H20O3/c1-12-9-13(2)17(14(3)10-12)18(20)21-11-16(19)15-7-5-4-6-8-15/h4-10,16,19H,11H2,1-3H3. The molecule has 2 aromatic rings. The van der Waals surface area contributed by atoms with Gasteiger partial charge in [0.2, 0.25) is 0 Å². The number of esters is 1. The van der Waals surface area contributed by atoms with E-state index in [9.17, 15) is 9.90 Å². The number of aliphatic hydroxyl groups is 1. The minimum Gasteiger partial charge on any atom is -0.459 e. The third-order valence-corrected chi connectivity index (χ3v) is 3.44. The Hall–Kier alpha value is -2.13. The van der Waals surface area contributed by atoms with Crippen LogP contribution in [0.2, 0.25) is 0 Å². The van der Waals surface area contributed by atoms with E-state index < -0.39 is 6.10 Å². The first-order valence-electron chi connectivity index (χ1n) is 6.97. The molecule has 1 unspecified atom stereocenters. The van der Waals surface area contributed by atoms with Crippen LogP contribution in [0.25, 0.3) is 0 Å². The lowest BCUT2D eigenvalue weighted by atomic mass is 10.00. The molecule has 0 heterocycles. The molecule has 0 fully saturated rings. The fourth-order valence-electron chi connectivity index (χ4n) is 2.50. The average molecular weight is 284 g/mol. The van der Waals surface area contributed by atoms with E-state index in [0.717, 1.165) is 22.3 Å². The van der Waals surface area contributed by atoms with Crippen LogP contribution in [0.3, 0.4) is 0 Å². The first-order valence-corrected chi connectivity index (χ1v) is 6.97. The predicted molar refractivity (Wildman–Crippen MR) is 82.3 cm³/mol. The highest BCUT2D eigenvalue weighted by Crippen LogP contribution is 2.19. The molecule has 2 rings (SSSR count). The normalized spacial score (nSPS) is 12.0. The molecule has 0 saturated carbocycles. The van der Waals surface area contributed by atoms with Crippen molar-refractivity contribution in [2.75, 3.05) is 6.61 Å². The summed E-state index contributed by atoms with van der Waals surface area (Å²) in [5.41, 5.74) is 4.23. The van der Waals surface area contributed by atoms with Crippen LogP contribution in [0.15, 0.2) is 42.5 Å². The molecule has 0 saturated heterocycles. The summed E-state index contributed by atoms with van der Waals surface area (Å²) >= 11 is 0. The first kappa shape index (κ1) is 15.3. The summed E-state index contributed by atoms with van der Waals surface area (Å²) in [6.07, 6.45) is -0.804. The molecule has 1 atom stereocenters. The van der Waals surface area contributed by atoms with Crippen LogP contribution in [-0.4, -0.2) is 17.7 Å². The second kappa shape index (κ2) is 6.55. The molecular weight excluding hydrogens is 264 g/mol. The van der Waals surface area contributed by atoms with Gasteiger partial charge in [-0.1, -0.05) is 48.0 Å². The van der Waals surface area contributed by atoms with Crippen molar-refractivity contribution in [3.63, 3.8) is 0 Å². The van der Waals surface area contributed by atoms with Crippen molar-refractivity contribution in [2.45, 2.75) is 26.9 Å². The maximum atomic E-state index is 12.2. The van der Waals surface area contributed by atoms with Crippen molar-refractivity contribution < 1.29 is 14.6 Å². The van der Waals surface area contributed by atoms with E-state index >= 15 is 0 Å². The van der Waals surface area contributed by atoms with Crippen LogP contribution in [0, 0.1) is 20.8 Å². The van der Waals surface area contributed by atoms with Gasteiger partial charge in [-0.2, -0.15) is 0 Å². The molecule has 0 spiro atoms. The summed E-state index contributed by atoms with van der Waals surface area (Å²) < 4.78 is 5.26. The van der Waals surface area contributed by atoms with Crippen molar-refractivity contribution >= 4 is 5.97 Å². The molecule has 0 radical (unpaired) electrons. The second-order valence-corrected chi connectivity index (χ2v) is 5.30. The molecule has 0 aromatic heterocycles. The third kappa shape index (κ3) is 3.70. The maximum Gasteiger partial charge on any atom is 0.338 e. The molecule has 1 N–H and O–H groups in total. The average Bonchev–Trinajstić information content (AvgIpc) is 2.44. The van der Waals surface area contributed by atoms with E-state index in [1.807, 2.05) is 51.1 Å². The molecule has 0 aliphatic heterocycles. The number of ether oxygens (including phenoxy) is 1. The summed E-state index contributed by atoms with van der Waals surface area (Å²) in [6, 6.07) is 13.1. The molecule has 110 valence electrons. The number of hydrogen-bond acceptors (Lipinski definition) is 3. The first-order chi connectivity index (χ1) is 9.99. The number of carbonyl (C=O) groups excluding carboxylic acids is 1. The van der Waals surface area contributed by atoms with Gasteiger partial charge in [0.25, 0.3) is 0 Å². The second-order valence-electron chi connectivity index (χ2n) is 5.30. The number of carbonyl (C=O) groups is 1. The Morgan fingerprint density at radius 1 is 1.10 bits per heavy atom. The fraction of sp³-hybridized carbons (Fsp3) is 0.278. The van der Waals surface area contributed by atoms with E-state index in [1.54, 1.807) is 12.1 Å². The zero-order valence-corrected chi connectivity index (χ0v) is 12.6. The number of rotatable bonds is 4. The van der Waals surface area contributed by atoms with Crippen LogP contribution in [0.5, 0.6) is 0 Å². The summed E-state index contributed by atoms with van der Waals surface area (Å²) in [6.45, 7) is 5.73. The van der Waals surface area contributed by atoms with Crippen LogP contribution >= 0.6 is 0 Å². The molecule has 3 heteroatoms. The van der Waals surface area contributed by atoms with E-state index in [-0.39, 0.29) is 12.6 Å². The fourth-order valence-corrected chi connectivity index (χ4v) is 2.50. The van der Waals surface area contributed by atoms with Crippen LogP contribution in [0.4, 0.5) is 0 Å². The summed E-state index contributed by atoms with van der Waals surface area (Å²) in [5, 5.41) is 10.0. The highest BCUT2D eigenvalue weighted by molar-refractivity contribution is 5.92. The highest BCUT2D eigenvalue weighted by atomic mass is 16.5. The number of hydrogen-bond donors (Lipinski definition) is 1. The monoisotopic (exact) mass is 284 g/mol. The van der Waals surface area contributed by atoms with Gasteiger partial charge in [0.1, 0.15) is 12.7 Å². The minimum absolute atomic E-state index is 0.0460. The lowest BCUT2D eigenvalue weighted by Crippen LogP contribution is -2.15. The number of aliphatic hydroxyl groups excluding tert-OH is 1. The zero-order chi connectivity index (χ0) is 15.4. The Kier molecular flexibility index (Phi) is 4.76. The van der Waals surface area contributed by atoms with Crippen molar-refractivity contribution in [3.05, 3.63) is 70.3 Å².